The average Bonchev–Trinajstić information content (AvgIpc) is 2.59. The fourth-order valence-corrected chi connectivity index (χ4v) is 3.01. The van der Waals surface area contributed by atoms with Gasteiger partial charge in [0.25, 0.3) is 0 Å². The Morgan fingerprint density at radius 2 is 2.21 bits per heavy atom. The molecule has 2 heteroatoms. The average molecular weight is 194 g/mol. The smallest absolute Gasteiger partial charge is 0.0163 e. The molecule has 14 heavy (non-hydrogen) atoms. The van der Waals surface area contributed by atoms with Gasteiger partial charge in [-0.15, -0.1) is 0 Å². The van der Waals surface area contributed by atoms with E-state index in [1.807, 2.05) is 0 Å². The summed E-state index contributed by atoms with van der Waals surface area (Å²) < 4.78 is 0. The Morgan fingerprint density at radius 3 is 2.93 bits per heavy atom. The first kappa shape index (κ1) is 10.2. The second-order valence-electron chi connectivity index (χ2n) is 4.81. The van der Waals surface area contributed by atoms with Crippen molar-refractivity contribution in [1.82, 2.24) is 4.90 Å². The number of fused-ring (bicyclic) bond motifs is 1. The molecule has 0 aromatic carbocycles. The van der Waals surface area contributed by atoms with Crippen LogP contribution in [0.5, 0.6) is 0 Å². The molecule has 3 atom stereocenters. The molecular weight excluding hydrogens is 172 g/mol. The van der Waals surface area contributed by atoms with Gasteiger partial charge in [-0.25, -0.2) is 0 Å². The summed E-state index contributed by atoms with van der Waals surface area (Å²) in [5, 5.41) is 0. The highest BCUT2D eigenvalue weighted by Crippen LogP contribution is 2.35. The lowest BCUT2D eigenvalue weighted by molar-refractivity contribution is 0.259. The molecule has 1 heterocycles. The second kappa shape index (κ2) is 4.45. The van der Waals surface area contributed by atoms with Crippen molar-refractivity contribution >= 4 is 0 Å². The number of allylic oxidation sites excluding steroid dienone is 1. The van der Waals surface area contributed by atoms with E-state index in [2.05, 4.69) is 24.0 Å². The predicted molar refractivity (Wildman–Crippen MR) is 60.1 cm³/mol. The molecule has 1 aliphatic carbocycles. The number of nitrogens with two attached hydrogens (primary N) is 1. The van der Waals surface area contributed by atoms with Gasteiger partial charge < -0.3 is 5.73 Å². The molecule has 0 bridgehead atoms. The van der Waals surface area contributed by atoms with Crippen LogP contribution in [-0.4, -0.2) is 30.6 Å². The van der Waals surface area contributed by atoms with E-state index in [4.69, 9.17) is 5.73 Å². The second-order valence-corrected chi connectivity index (χ2v) is 4.81. The molecule has 2 N–H and O–H groups in total. The van der Waals surface area contributed by atoms with E-state index < -0.39 is 0 Å². The minimum absolute atomic E-state index is 0.476. The minimum Gasteiger partial charge on any atom is -0.327 e. The summed E-state index contributed by atoms with van der Waals surface area (Å²) in [7, 11) is 0. The van der Waals surface area contributed by atoms with Crippen molar-refractivity contribution in [2.24, 2.45) is 17.6 Å². The van der Waals surface area contributed by atoms with Crippen molar-refractivity contribution in [2.75, 3.05) is 19.6 Å². The van der Waals surface area contributed by atoms with Crippen LogP contribution in [0.4, 0.5) is 0 Å². The molecule has 0 aromatic heterocycles. The zero-order valence-corrected chi connectivity index (χ0v) is 9.15. The summed E-state index contributed by atoms with van der Waals surface area (Å²) in [5.74, 6) is 1.68. The van der Waals surface area contributed by atoms with Crippen molar-refractivity contribution in [3.05, 3.63) is 12.2 Å². The molecule has 0 spiro atoms. The Labute approximate surface area is 87.2 Å². The molecular formula is C12H22N2. The maximum Gasteiger partial charge on any atom is 0.0163 e. The zero-order valence-electron chi connectivity index (χ0n) is 9.15. The standard InChI is InChI=1S/C12H22N2/c1-2-3-7-14-8-10-5-4-6-12(13)11(10)9-14/h2-3,10-12H,4-9,13H2,1H3/b3-2+. The number of nitrogens with zero attached hydrogens (tertiary/aromatic N) is 1. The quantitative estimate of drug-likeness (QED) is 0.677. The molecule has 1 aliphatic heterocycles. The first-order chi connectivity index (χ1) is 6.81. The van der Waals surface area contributed by atoms with Gasteiger partial charge in [-0.1, -0.05) is 18.6 Å². The SMILES string of the molecule is C/C=C/CN1CC2CCCC(N)C2C1. The van der Waals surface area contributed by atoms with Gasteiger partial charge in [-0.05, 0) is 31.6 Å². The molecule has 80 valence electrons. The van der Waals surface area contributed by atoms with Gasteiger partial charge in [0.2, 0.25) is 0 Å². The number of rotatable bonds is 2. The highest BCUT2D eigenvalue weighted by molar-refractivity contribution is 4.95. The van der Waals surface area contributed by atoms with Gasteiger partial charge in [0.1, 0.15) is 0 Å². The van der Waals surface area contributed by atoms with E-state index in [0.717, 1.165) is 18.4 Å². The molecule has 2 aliphatic rings. The van der Waals surface area contributed by atoms with Crippen LogP contribution in [0, 0.1) is 11.8 Å². The normalized spacial score (nSPS) is 39.1. The van der Waals surface area contributed by atoms with Gasteiger partial charge in [0.05, 0.1) is 0 Å². The molecule has 0 aromatic rings. The molecule has 1 saturated heterocycles. The third-order valence-electron chi connectivity index (χ3n) is 3.83. The van der Waals surface area contributed by atoms with Crippen molar-refractivity contribution in [3.8, 4) is 0 Å². The summed E-state index contributed by atoms with van der Waals surface area (Å²) >= 11 is 0. The van der Waals surface area contributed by atoms with E-state index >= 15 is 0 Å². The maximum atomic E-state index is 6.17. The number of hydrogen-bond donors (Lipinski definition) is 1. The Morgan fingerprint density at radius 1 is 1.36 bits per heavy atom. The van der Waals surface area contributed by atoms with E-state index in [9.17, 15) is 0 Å². The van der Waals surface area contributed by atoms with Gasteiger partial charge >= 0.3 is 0 Å². The Bertz CT molecular complexity index is 212. The maximum absolute atomic E-state index is 6.17. The Kier molecular flexibility index (Phi) is 3.24. The molecule has 3 unspecified atom stereocenters. The molecule has 2 rings (SSSR count). The third kappa shape index (κ3) is 2.01. The number of likely N-dealkylation sites (tertiary alicyclic amines) is 1. The molecule has 2 nitrogen and oxygen atoms in total. The van der Waals surface area contributed by atoms with Crippen LogP contribution in [0.3, 0.4) is 0 Å². The van der Waals surface area contributed by atoms with Crippen LogP contribution in [-0.2, 0) is 0 Å². The van der Waals surface area contributed by atoms with Crippen molar-refractivity contribution < 1.29 is 0 Å². The lowest BCUT2D eigenvalue weighted by atomic mass is 9.78. The minimum atomic E-state index is 0.476. The summed E-state index contributed by atoms with van der Waals surface area (Å²) in [6.07, 6.45) is 8.40. The van der Waals surface area contributed by atoms with Crippen LogP contribution >= 0.6 is 0 Å². The lowest BCUT2D eigenvalue weighted by Crippen LogP contribution is -2.38. The molecule has 2 fully saturated rings. The first-order valence-electron chi connectivity index (χ1n) is 5.90. The summed E-state index contributed by atoms with van der Waals surface area (Å²) in [5.41, 5.74) is 6.17. The van der Waals surface area contributed by atoms with Gasteiger partial charge in [0, 0.05) is 25.7 Å². The summed E-state index contributed by atoms with van der Waals surface area (Å²) in [6, 6.07) is 0.476. The van der Waals surface area contributed by atoms with Crippen LogP contribution < -0.4 is 5.73 Å². The third-order valence-corrected chi connectivity index (χ3v) is 3.83. The monoisotopic (exact) mass is 194 g/mol. The molecule has 0 amide bonds. The molecule has 1 saturated carbocycles. The zero-order chi connectivity index (χ0) is 9.97. The van der Waals surface area contributed by atoms with E-state index in [1.165, 1.54) is 32.4 Å². The van der Waals surface area contributed by atoms with E-state index in [0.29, 0.717) is 6.04 Å². The molecule has 0 radical (unpaired) electrons. The fraction of sp³-hybridized carbons (Fsp3) is 0.833. The predicted octanol–water partition coefficient (Wildman–Crippen LogP) is 1.62. The lowest BCUT2D eigenvalue weighted by Gasteiger charge is -2.29. The van der Waals surface area contributed by atoms with Crippen molar-refractivity contribution in [2.45, 2.75) is 32.2 Å². The first-order valence-corrected chi connectivity index (χ1v) is 5.90. The Hall–Kier alpha value is -0.340. The topological polar surface area (TPSA) is 29.3 Å². The van der Waals surface area contributed by atoms with Crippen molar-refractivity contribution in [3.63, 3.8) is 0 Å². The van der Waals surface area contributed by atoms with Gasteiger partial charge in [-0.3, -0.25) is 4.90 Å². The van der Waals surface area contributed by atoms with E-state index in [-0.39, 0.29) is 0 Å². The van der Waals surface area contributed by atoms with Crippen LogP contribution in [0.15, 0.2) is 12.2 Å². The highest BCUT2D eigenvalue weighted by Gasteiger charge is 2.37. The van der Waals surface area contributed by atoms with E-state index in [1.54, 1.807) is 0 Å². The van der Waals surface area contributed by atoms with Crippen molar-refractivity contribution in [1.29, 1.82) is 0 Å². The summed E-state index contributed by atoms with van der Waals surface area (Å²) in [6.45, 7) is 5.73. The fourth-order valence-electron chi connectivity index (χ4n) is 3.01. The van der Waals surface area contributed by atoms with Crippen LogP contribution in [0.1, 0.15) is 26.2 Å². The highest BCUT2D eigenvalue weighted by atomic mass is 15.2. The Balaban J connectivity index is 1.90. The summed E-state index contributed by atoms with van der Waals surface area (Å²) in [4.78, 5) is 2.56. The van der Waals surface area contributed by atoms with Gasteiger partial charge in [-0.2, -0.15) is 0 Å². The van der Waals surface area contributed by atoms with Crippen LogP contribution in [0.2, 0.25) is 0 Å². The number of hydrogen-bond acceptors (Lipinski definition) is 2. The van der Waals surface area contributed by atoms with Crippen LogP contribution in [0.25, 0.3) is 0 Å². The largest absolute Gasteiger partial charge is 0.327 e. The van der Waals surface area contributed by atoms with Gasteiger partial charge in [0.15, 0.2) is 0 Å².